The number of pyridine rings is 1. The van der Waals surface area contributed by atoms with Gasteiger partial charge in [0.15, 0.2) is 6.29 Å². The van der Waals surface area contributed by atoms with Crippen molar-refractivity contribution in [3.63, 3.8) is 0 Å². The SMILES string of the molecule is Cc1nc(C(=O)N2CC=C(c3c(C=O)cc(-c4ccccc4C4CC4)cc3[N+](=O)[O-])C2)ccc1O. The molecule has 0 saturated heterocycles. The Morgan fingerprint density at radius 2 is 1.97 bits per heavy atom. The van der Waals surface area contributed by atoms with E-state index in [-0.39, 0.29) is 47.3 Å². The van der Waals surface area contributed by atoms with Crippen molar-refractivity contribution >= 4 is 23.5 Å². The van der Waals surface area contributed by atoms with Crippen LogP contribution in [0.25, 0.3) is 16.7 Å². The zero-order chi connectivity index (χ0) is 24.7. The molecule has 2 aromatic carbocycles. The van der Waals surface area contributed by atoms with Gasteiger partial charge in [-0.2, -0.15) is 0 Å². The fourth-order valence-corrected chi connectivity index (χ4v) is 4.63. The van der Waals surface area contributed by atoms with E-state index in [1.165, 1.54) is 23.1 Å². The van der Waals surface area contributed by atoms with Crippen LogP contribution in [0.3, 0.4) is 0 Å². The third-order valence-electron chi connectivity index (χ3n) is 6.57. The molecule has 0 atom stereocenters. The normalized spacial score (nSPS) is 15.1. The van der Waals surface area contributed by atoms with Crippen LogP contribution in [0.2, 0.25) is 0 Å². The summed E-state index contributed by atoms with van der Waals surface area (Å²) in [4.78, 5) is 42.4. The maximum absolute atomic E-state index is 13.0. The topological polar surface area (TPSA) is 114 Å². The highest BCUT2D eigenvalue weighted by Gasteiger charge is 2.31. The van der Waals surface area contributed by atoms with Crippen molar-refractivity contribution in [2.24, 2.45) is 0 Å². The first kappa shape index (κ1) is 22.5. The van der Waals surface area contributed by atoms with Crippen LogP contribution in [0.4, 0.5) is 5.69 Å². The molecule has 8 nitrogen and oxygen atoms in total. The number of hydrogen-bond donors (Lipinski definition) is 1. The second-order valence-electron chi connectivity index (χ2n) is 8.91. The monoisotopic (exact) mass is 469 g/mol. The van der Waals surface area contributed by atoms with Crippen LogP contribution in [-0.4, -0.2) is 45.2 Å². The number of nitrogens with zero attached hydrogens (tertiary/aromatic N) is 3. The first-order valence-electron chi connectivity index (χ1n) is 11.4. The molecule has 1 aliphatic heterocycles. The van der Waals surface area contributed by atoms with E-state index >= 15 is 0 Å². The molecule has 0 radical (unpaired) electrons. The average Bonchev–Trinajstić information content (AvgIpc) is 3.60. The highest BCUT2D eigenvalue weighted by atomic mass is 16.6. The van der Waals surface area contributed by atoms with E-state index in [1.807, 2.05) is 24.3 Å². The van der Waals surface area contributed by atoms with Crippen molar-refractivity contribution in [2.75, 3.05) is 13.1 Å². The van der Waals surface area contributed by atoms with E-state index in [0.29, 0.717) is 29.0 Å². The number of hydrogen-bond acceptors (Lipinski definition) is 6. The lowest BCUT2D eigenvalue weighted by Gasteiger charge is -2.17. The van der Waals surface area contributed by atoms with E-state index < -0.39 is 4.92 Å². The quantitative estimate of drug-likeness (QED) is 0.312. The lowest BCUT2D eigenvalue weighted by atomic mass is 9.91. The lowest BCUT2D eigenvalue weighted by molar-refractivity contribution is -0.385. The Labute approximate surface area is 201 Å². The molecule has 176 valence electrons. The van der Waals surface area contributed by atoms with Crippen LogP contribution in [0.15, 0.2) is 54.6 Å². The summed E-state index contributed by atoms with van der Waals surface area (Å²) < 4.78 is 0. The first-order chi connectivity index (χ1) is 16.9. The number of benzene rings is 2. The van der Waals surface area contributed by atoms with Gasteiger partial charge in [0.2, 0.25) is 0 Å². The fraction of sp³-hybridized carbons (Fsp3) is 0.222. The molecule has 1 aliphatic carbocycles. The number of amides is 1. The molecular formula is C27H23N3O5. The van der Waals surface area contributed by atoms with Gasteiger partial charge in [-0.15, -0.1) is 0 Å². The van der Waals surface area contributed by atoms with Gasteiger partial charge in [0.1, 0.15) is 11.4 Å². The minimum atomic E-state index is -0.470. The third-order valence-corrected chi connectivity index (χ3v) is 6.57. The van der Waals surface area contributed by atoms with Crippen molar-refractivity contribution < 1.29 is 19.6 Å². The van der Waals surface area contributed by atoms with E-state index in [2.05, 4.69) is 4.98 Å². The number of aryl methyl sites for hydroxylation is 1. The van der Waals surface area contributed by atoms with Crippen LogP contribution < -0.4 is 0 Å². The second kappa shape index (κ2) is 8.79. The van der Waals surface area contributed by atoms with Gasteiger partial charge >= 0.3 is 0 Å². The molecule has 0 bridgehead atoms. The smallest absolute Gasteiger partial charge is 0.278 e. The number of aromatic nitrogens is 1. The number of aromatic hydroxyl groups is 1. The number of carbonyl (C=O) groups is 2. The Hall–Kier alpha value is -4.33. The largest absolute Gasteiger partial charge is 0.506 e. The number of rotatable bonds is 6. The maximum atomic E-state index is 13.0. The summed E-state index contributed by atoms with van der Waals surface area (Å²) >= 11 is 0. The number of nitro benzene ring substituents is 1. The van der Waals surface area contributed by atoms with Gasteiger partial charge in [-0.1, -0.05) is 30.3 Å². The molecule has 0 unspecified atom stereocenters. The number of carbonyl (C=O) groups excluding carboxylic acids is 2. The van der Waals surface area contributed by atoms with Crippen molar-refractivity contribution in [1.29, 1.82) is 0 Å². The molecule has 1 fully saturated rings. The van der Waals surface area contributed by atoms with Crippen molar-refractivity contribution in [1.82, 2.24) is 9.88 Å². The molecular weight excluding hydrogens is 446 g/mol. The van der Waals surface area contributed by atoms with E-state index in [4.69, 9.17) is 0 Å². The minimum Gasteiger partial charge on any atom is -0.506 e. The van der Waals surface area contributed by atoms with Crippen molar-refractivity contribution in [3.05, 3.63) is 92.8 Å². The van der Waals surface area contributed by atoms with Crippen LogP contribution in [-0.2, 0) is 0 Å². The average molecular weight is 469 g/mol. The summed E-state index contributed by atoms with van der Waals surface area (Å²) in [5, 5.41) is 21.8. The Morgan fingerprint density at radius 3 is 2.66 bits per heavy atom. The van der Waals surface area contributed by atoms with Gasteiger partial charge in [-0.05, 0) is 66.1 Å². The molecule has 3 aromatic rings. The Balaban J connectivity index is 1.50. The summed E-state index contributed by atoms with van der Waals surface area (Å²) in [6, 6.07) is 13.9. The molecule has 1 aromatic heterocycles. The second-order valence-corrected chi connectivity index (χ2v) is 8.91. The molecule has 5 rings (SSSR count). The van der Waals surface area contributed by atoms with Crippen molar-refractivity contribution in [2.45, 2.75) is 25.7 Å². The van der Waals surface area contributed by atoms with Gasteiger partial charge in [-0.3, -0.25) is 19.7 Å². The predicted molar refractivity (Wildman–Crippen MR) is 130 cm³/mol. The van der Waals surface area contributed by atoms with Gasteiger partial charge < -0.3 is 10.0 Å². The lowest BCUT2D eigenvalue weighted by Crippen LogP contribution is -2.29. The summed E-state index contributed by atoms with van der Waals surface area (Å²) in [7, 11) is 0. The van der Waals surface area contributed by atoms with E-state index in [1.54, 1.807) is 19.1 Å². The van der Waals surface area contributed by atoms with Crippen LogP contribution in [0.5, 0.6) is 5.75 Å². The zero-order valence-electron chi connectivity index (χ0n) is 19.1. The van der Waals surface area contributed by atoms with Crippen molar-refractivity contribution in [3.8, 4) is 16.9 Å². The molecule has 1 N–H and O–H groups in total. The van der Waals surface area contributed by atoms with Gasteiger partial charge in [-0.25, -0.2) is 4.98 Å². The molecule has 1 saturated carbocycles. The van der Waals surface area contributed by atoms with Gasteiger partial charge in [0.05, 0.1) is 16.2 Å². The Kier molecular flexibility index (Phi) is 5.64. The summed E-state index contributed by atoms with van der Waals surface area (Å²) in [6.45, 7) is 1.94. The number of aldehydes is 1. The Bertz CT molecular complexity index is 1410. The Morgan fingerprint density at radius 1 is 1.20 bits per heavy atom. The minimum absolute atomic E-state index is 0.00335. The van der Waals surface area contributed by atoms with Gasteiger partial charge in [0, 0.05) is 24.7 Å². The highest BCUT2D eigenvalue weighted by Crippen LogP contribution is 2.45. The fourth-order valence-electron chi connectivity index (χ4n) is 4.63. The van der Waals surface area contributed by atoms with Crippen LogP contribution in [0.1, 0.15) is 56.4 Å². The number of nitro groups is 1. The van der Waals surface area contributed by atoms with E-state index in [0.717, 1.165) is 24.0 Å². The molecule has 2 heterocycles. The third kappa shape index (κ3) is 4.19. The van der Waals surface area contributed by atoms with Gasteiger partial charge in [0.25, 0.3) is 11.6 Å². The standard InChI is InChI=1S/C27H23N3O5/c1-16-25(32)9-8-23(28-16)27(33)29-11-10-18(14-29)26-20(15-31)12-19(13-24(26)30(34)35)22-5-3-2-4-21(22)17-6-7-17/h2-5,8-10,12-13,15,17,32H,6-7,11,14H2,1H3. The van der Waals surface area contributed by atoms with Crippen LogP contribution >= 0.6 is 0 Å². The maximum Gasteiger partial charge on any atom is 0.278 e. The first-order valence-corrected chi connectivity index (χ1v) is 11.4. The molecule has 0 spiro atoms. The zero-order valence-corrected chi connectivity index (χ0v) is 19.1. The van der Waals surface area contributed by atoms with E-state index in [9.17, 15) is 24.8 Å². The van der Waals surface area contributed by atoms with Crippen LogP contribution in [0, 0.1) is 17.0 Å². The summed E-state index contributed by atoms with van der Waals surface area (Å²) in [6.07, 6.45) is 4.55. The highest BCUT2D eigenvalue weighted by molar-refractivity contribution is 5.97. The molecule has 2 aliphatic rings. The molecule has 35 heavy (non-hydrogen) atoms. The summed E-state index contributed by atoms with van der Waals surface area (Å²) in [5.74, 6) is 0.0832. The predicted octanol–water partition coefficient (Wildman–Crippen LogP) is 4.90. The molecule has 1 amide bonds. The summed E-state index contributed by atoms with van der Waals surface area (Å²) in [5.41, 5.74) is 4.04. The molecule has 8 heteroatoms.